The van der Waals surface area contributed by atoms with Crippen molar-refractivity contribution in [1.29, 1.82) is 0 Å². The van der Waals surface area contributed by atoms with E-state index in [4.69, 9.17) is 0 Å². The van der Waals surface area contributed by atoms with E-state index in [9.17, 15) is 4.79 Å². The van der Waals surface area contributed by atoms with Gasteiger partial charge in [-0.1, -0.05) is 0 Å². The zero-order valence-corrected chi connectivity index (χ0v) is 13.3. The number of nitrogens with one attached hydrogen (secondary N) is 1. The Morgan fingerprint density at radius 2 is 1.55 bits per heavy atom. The Morgan fingerprint density at radius 1 is 1.05 bits per heavy atom. The van der Waals surface area contributed by atoms with Crippen LogP contribution in [0.15, 0.2) is 0 Å². The lowest BCUT2D eigenvalue weighted by Gasteiger charge is -2.37. The van der Waals surface area contributed by atoms with Gasteiger partial charge in [0.25, 0.3) is 0 Å². The molecule has 0 aliphatic carbocycles. The van der Waals surface area contributed by atoms with Gasteiger partial charge in [-0.25, -0.2) is 0 Å². The van der Waals surface area contributed by atoms with E-state index in [1.54, 1.807) is 4.90 Å². The predicted molar refractivity (Wildman–Crippen MR) is 81.8 cm³/mol. The smallest absolute Gasteiger partial charge is 0.236 e. The number of carbonyl (C=O) groups is 1. The Labute approximate surface area is 123 Å². The van der Waals surface area contributed by atoms with Gasteiger partial charge in [0.05, 0.1) is 6.54 Å². The fourth-order valence-electron chi connectivity index (χ4n) is 3.10. The summed E-state index contributed by atoms with van der Waals surface area (Å²) in [5, 5.41) is 3.83. The van der Waals surface area contributed by atoms with Gasteiger partial charge in [0, 0.05) is 39.3 Å². The van der Waals surface area contributed by atoms with Crippen LogP contribution < -0.4 is 5.32 Å². The van der Waals surface area contributed by atoms with Crippen LogP contribution in [0.5, 0.6) is 0 Å². The number of amides is 1. The summed E-state index contributed by atoms with van der Waals surface area (Å²) in [6.45, 7) is 5.10. The Hall–Kier alpha value is -0.650. The second-order valence-electron chi connectivity index (χ2n) is 6.58. The number of hydrogen-bond acceptors (Lipinski definition) is 4. The van der Waals surface area contributed by atoms with E-state index >= 15 is 0 Å². The highest BCUT2D eigenvalue weighted by Gasteiger charge is 2.24. The zero-order chi connectivity index (χ0) is 14.5. The molecule has 2 saturated heterocycles. The summed E-state index contributed by atoms with van der Waals surface area (Å²) in [4.78, 5) is 18.1. The van der Waals surface area contributed by atoms with Crippen molar-refractivity contribution >= 4 is 5.91 Å². The van der Waals surface area contributed by atoms with Crippen molar-refractivity contribution < 1.29 is 4.79 Å². The van der Waals surface area contributed by atoms with Crippen molar-refractivity contribution in [3.05, 3.63) is 0 Å². The number of likely N-dealkylation sites (N-methyl/N-ethyl adjacent to an activating group) is 1. The minimum Gasteiger partial charge on any atom is -0.348 e. The lowest BCUT2D eigenvalue weighted by molar-refractivity contribution is -0.130. The molecule has 1 N–H and O–H groups in total. The minimum absolute atomic E-state index is 0.215. The third kappa shape index (κ3) is 4.72. The number of hydrogen-bond donors (Lipinski definition) is 1. The van der Waals surface area contributed by atoms with Gasteiger partial charge in [-0.05, 0) is 45.8 Å². The molecule has 2 aliphatic heterocycles. The average Bonchev–Trinajstić information content (AvgIpc) is 2.43. The van der Waals surface area contributed by atoms with Crippen molar-refractivity contribution in [2.75, 3.05) is 53.9 Å². The molecule has 0 radical (unpaired) electrons. The average molecular weight is 282 g/mol. The molecule has 0 spiro atoms. The highest BCUT2D eigenvalue weighted by molar-refractivity contribution is 5.77. The van der Waals surface area contributed by atoms with Crippen LogP contribution in [0, 0.1) is 0 Å². The molecule has 2 heterocycles. The highest BCUT2D eigenvalue weighted by atomic mass is 16.2. The van der Waals surface area contributed by atoms with Crippen LogP contribution >= 0.6 is 0 Å². The maximum Gasteiger partial charge on any atom is 0.236 e. The van der Waals surface area contributed by atoms with Crippen LogP contribution in [0.2, 0.25) is 0 Å². The first-order chi connectivity index (χ1) is 9.54. The van der Waals surface area contributed by atoms with Gasteiger partial charge in [0.1, 0.15) is 0 Å². The maximum absolute atomic E-state index is 11.7. The monoisotopic (exact) mass is 282 g/mol. The fourth-order valence-corrected chi connectivity index (χ4v) is 3.10. The van der Waals surface area contributed by atoms with Crippen LogP contribution in [0.1, 0.15) is 25.7 Å². The van der Waals surface area contributed by atoms with Crippen molar-refractivity contribution in [2.24, 2.45) is 0 Å². The van der Waals surface area contributed by atoms with Gasteiger partial charge >= 0.3 is 0 Å². The Bertz CT molecular complexity index is 305. The van der Waals surface area contributed by atoms with Crippen LogP contribution in [-0.4, -0.2) is 86.6 Å². The topological polar surface area (TPSA) is 38.8 Å². The standard InChI is InChI=1S/C15H30N4O/c1-17(2)15(20)12-19-10-6-14(7-11-19)16-13-4-8-18(3)9-5-13/h13-14,16H,4-12H2,1-3H3. The Balaban J connectivity index is 1.65. The third-order valence-corrected chi connectivity index (χ3v) is 4.64. The van der Waals surface area contributed by atoms with E-state index in [1.807, 2.05) is 14.1 Å². The van der Waals surface area contributed by atoms with Gasteiger partial charge in [0.2, 0.25) is 5.91 Å². The molecule has 20 heavy (non-hydrogen) atoms. The molecule has 5 heteroatoms. The van der Waals surface area contributed by atoms with Gasteiger partial charge in [-0.3, -0.25) is 9.69 Å². The lowest BCUT2D eigenvalue weighted by Crippen LogP contribution is -2.50. The number of rotatable bonds is 4. The molecule has 0 aromatic rings. The third-order valence-electron chi connectivity index (χ3n) is 4.64. The molecule has 2 aliphatic rings. The first-order valence-corrected chi connectivity index (χ1v) is 7.91. The first kappa shape index (κ1) is 15.7. The van der Waals surface area contributed by atoms with Crippen LogP contribution in [0.25, 0.3) is 0 Å². The zero-order valence-electron chi connectivity index (χ0n) is 13.3. The molecule has 116 valence electrons. The quantitative estimate of drug-likeness (QED) is 0.801. The molecule has 1 amide bonds. The highest BCUT2D eigenvalue weighted by Crippen LogP contribution is 2.15. The molecular weight excluding hydrogens is 252 g/mol. The molecule has 0 saturated carbocycles. The number of nitrogens with zero attached hydrogens (tertiary/aromatic N) is 3. The van der Waals surface area contributed by atoms with Gasteiger partial charge in [-0.2, -0.15) is 0 Å². The number of carbonyl (C=O) groups excluding carboxylic acids is 1. The molecule has 0 aromatic heterocycles. The second kappa shape index (κ2) is 7.38. The van der Waals surface area contributed by atoms with E-state index in [-0.39, 0.29) is 5.91 Å². The molecular formula is C15H30N4O. The molecule has 2 rings (SSSR count). The summed E-state index contributed by atoms with van der Waals surface area (Å²) in [6.07, 6.45) is 4.89. The molecule has 2 fully saturated rings. The minimum atomic E-state index is 0.215. The summed E-state index contributed by atoms with van der Waals surface area (Å²) < 4.78 is 0. The van der Waals surface area contributed by atoms with Crippen LogP contribution in [-0.2, 0) is 4.79 Å². The van der Waals surface area contributed by atoms with Gasteiger partial charge in [-0.15, -0.1) is 0 Å². The van der Waals surface area contributed by atoms with Crippen LogP contribution in [0.4, 0.5) is 0 Å². The van der Waals surface area contributed by atoms with E-state index in [1.165, 1.54) is 38.8 Å². The summed E-state index contributed by atoms with van der Waals surface area (Å²) in [6, 6.07) is 1.35. The summed E-state index contributed by atoms with van der Waals surface area (Å²) in [7, 11) is 5.87. The van der Waals surface area contributed by atoms with E-state index in [2.05, 4.69) is 22.2 Å². The lowest BCUT2D eigenvalue weighted by atomic mass is 10.00. The van der Waals surface area contributed by atoms with E-state index < -0.39 is 0 Å². The van der Waals surface area contributed by atoms with Gasteiger partial charge < -0.3 is 15.1 Å². The van der Waals surface area contributed by atoms with Crippen LogP contribution in [0.3, 0.4) is 0 Å². The number of likely N-dealkylation sites (tertiary alicyclic amines) is 2. The SMILES string of the molecule is CN1CCC(NC2CCN(CC(=O)N(C)C)CC2)CC1. The second-order valence-corrected chi connectivity index (χ2v) is 6.58. The summed E-state index contributed by atoms with van der Waals surface area (Å²) >= 11 is 0. The molecule has 0 aromatic carbocycles. The summed E-state index contributed by atoms with van der Waals surface area (Å²) in [5.74, 6) is 0.215. The summed E-state index contributed by atoms with van der Waals surface area (Å²) in [5.41, 5.74) is 0. The van der Waals surface area contributed by atoms with Crippen molar-refractivity contribution in [2.45, 2.75) is 37.8 Å². The molecule has 0 atom stereocenters. The van der Waals surface area contributed by atoms with Crippen molar-refractivity contribution in [1.82, 2.24) is 20.0 Å². The Morgan fingerprint density at radius 3 is 2.05 bits per heavy atom. The number of piperidine rings is 2. The largest absolute Gasteiger partial charge is 0.348 e. The maximum atomic E-state index is 11.7. The Kier molecular flexibility index (Phi) is 5.81. The molecule has 5 nitrogen and oxygen atoms in total. The first-order valence-electron chi connectivity index (χ1n) is 7.91. The van der Waals surface area contributed by atoms with Gasteiger partial charge in [0.15, 0.2) is 0 Å². The normalized spacial score (nSPS) is 23.9. The fraction of sp³-hybridized carbons (Fsp3) is 0.933. The predicted octanol–water partition coefficient (Wildman–Crippen LogP) is 0.223. The van der Waals surface area contributed by atoms with E-state index in [0.29, 0.717) is 18.6 Å². The molecule has 0 bridgehead atoms. The molecule has 0 unspecified atom stereocenters. The van der Waals surface area contributed by atoms with E-state index in [0.717, 1.165) is 13.1 Å². The van der Waals surface area contributed by atoms with Crippen molar-refractivity contribution in [3.63, 3.8) is 0 Å². The van der Waals surface area contributed by atoms with Crippen molar-refractivity contribution in [3.8, 4) is 0 Å².